The predicted molar refractivity (Wildman–Crippen MR) is 182 cm³/mol. The summed E-state index contributed by atoms with van der Waals surface area (Å²) in [7, 11) is 0. The van der Waals surface area contributed by atoms with Gasteiger partial charge in [0.1, 0.15) is 0 Å². The molecule has 0 fully saturated rings. The second-order valence-electron chi connectivity index (χ2n) is 13.1. The molecule has 0 saturated heterocycles. The molecule has 1 aliphatic heterocycles. The zero-order chi connectivity index (χ0) is 29.3. The van der Waals surface area contributed by atoms with Crippen molar-refractivity contribution in [2.45, 2.75) is 38.5 Å². The Labute approximate surface area is 255 Å². The Bertz CT molecular complexity index is 1990. The summed E-state index contributed by atoms with van der Waals surface area (Å²) in [6.07, 6.45) is 0. The van der Waals surface area contributed by atoms with Gasteiger partial charge in [0.15, 0.2) is 0 Å². The van der Waals surface area contributed by atoms with Crippen LogP contribution in [0, 0.1) is 0 Å². The number of hydrogen-bond donors (Lipinski definition) is 0. The molecule has 8 rings (SSSR count). The van der Waals surface area contributed by atoms with Crippen molar-refractivity contribution in [3.05, 3.63) is 162 Å². The van der Waals surface area contributed by atoms with Crippen LogP contribution in [0.1, 0.15) is 49.9 Å². The van der Waals surface area contributed by atoms with Gasteiger partial charge in [-0.1, -0.05) is 137 Å². The Hall–Kier alpha value is -4.88. The fourth-order valence-electron chi connectivity index (χ4n) is 7.46. The van der Waals surface area contributed by atoms with Crippen LogP contribution >= 0.6 is 0 Å². The number of fused-ring (bicyclic) bond motifs is 5. The summed E-state index contributed by atoms with van der Waals surface area (Å²) < 4.78 is 0. The number of anilines is 3. The summed E-state index contributed by atoms with van der Waals surface area (Å²) >= 11 is 0. The van der Waals surface area contributed by atoms with Gasteiger partial charge in [0.2, 0.25) is 0 Å². The molecule has 1 heterocycles. The van der Waals surface area contributed by atoms with Gasteiger partial charge in [-0.3, -0.25) is 0 Å². The molecule has 0 bridgehead atoms. The molecule has 0 aromatic heterocycles. The molecule has 6 aromatic rings. The zero-order valence-electron chi connectivity index (χ0n) is 25.2. The number of hydrogen-bond acceptors (Lipinski definition) is 1. The average molecular weight is 554 g/mol. The maximum Gasteiger partial charge on any atom is 0.0506 e. The van der Waals surface area contributed by atoms with Crippen molar-refractivity contribution in [3.63, 3.8) is 0 Å². The first-order valence-electron chi connectivity index (χ1n) is 15.3. The van der Waals surface area contributed by atoms with E-state index in [-0.39, 0.29) is 10.8 Å². The van der Waals surface area contributed by atoms with E-state index < -0.39 is 0 Å². The summed E-state index contributed by atoms with van der Waals surface area (Å²) in [4.78, 5) is 2.48. The lowest BCUT2D eigenvalue weighted by Gasteiger charge is -2.43. The minimum atomic E-state index is -0.125. The molecule has 1 heteroatoms. The van der Waals surface area contributed by atoms with Crippen LogP contribution in [0.4, 0.5) is 17.1 Å². The molecule has 1 aliphatic carbocycles. The molecule has 208 valence electrons. The fraction of sp³-hybridized carbons (Fsp3) is 0.143. The third-order valence-corrected chi connectivity index (χ3v) is 9.88. The second-order valence-corrected chi connectivity index (χ2v) is 13.1. The van der Waals surface area contributed by atoms with E-state index in [9.17, 15) is 0 Å². The Morgan fingerprint density at radius 1 is 0.372 bits per heavy atom. The van der Waals surface area contributed by atoms with E-state index in [0.29, 0.717) is 0 Å². The van der Waals surface area contributed by atoms with Gasteiger partial charge in [-0.2, -0.15) is 0 Å². The van der Waals surface area contributed by atoms with Crippen molar-refractivity contribution >= 4 is 17.1 Å². The minimum absolute atomic E-state index is 0.0521. The summed E-state index contributed by atoms with van der Waals surface area (Å²) in [6.45, 7) is 9.49. The summed E-state index contributed by atoms with van der Waals surface area (Å²) in [5, 5.41) is 0. The van der Waals surface area contributed by atoms with Crippen LogP contribution in [0.3, 0.4) is 0 Å². The Morgan fingerprint density at radius 2 is 0.884 bits per heavy atom. The highest BCUT2D eigenvalue weighted by atomic mass is 15.2. The van der Waals surface area contributed by atoms with Gasteiger partial charge in [-0.15, -0.1) is 0 Å². The third kappa shape index (κ3) is 3.85. The molecular weight excluding hydrogens is 518 g/mol. The molecular formula is C42H35N. The first-order chi connectivity index (χ1) is 20.8. The zero-order valence-corrected chi connectivity index (χ0v) is 25.2. The van der Waals surface area contributed by atoms with Crippen LogP contribution in [-0.4, -0.2) is 0 Å². The number of nitrogens with zero attached hydrogens (tertiary/aromatic N) is 1. The fourth-order valence-corrected chi connectivity index (χ4v) is 7.46. The van der Waals surface area contributed by atoms with E-state index in [1.54, 1.807) is 0 Å². The number of rotatable bonds is 3. The molecule has 43 heavy (non-hydrogen) atoms. The quantitative estimate of drug-likeness (QED) is 0.211. The highest BCUT2D eigenvalue weighted by Crippen LogP contribution is 2.57. The van der Waals surface area contributed by atoms with Gasteiger partial charge in [0.25, 0.3) is 0 Å². The number of benzene rings is 6. The standard InChI is InChI=1S/C42H35N/c1-41(2)35-15-9-8-14-33(35)34-26-38-40(27-37(34)41)43(39-17-11-10-16-36(39)42(38,3)4)32-24-22-31(23-25-32)30-20-18-29(19-21-30)28-12-6-5-7-13-28/h5-27H,1-4H3. The lowest BCUT2D eigenvalue weighted by atomic mass is 9.72. The van der Waals surface area contributed by atoms with Gasteiger partial charge >= 0.3 is 0 Å². The SMILES string of the molecule is CC1(C)c2ccccc2-c2cc3c(cc21)N(c1ccc(-c2ccc(-c4ccccc4)cc2)cc1)c1ccccc1C3(C)C. The highest BCUT2D eigenvalue weighted by molar-refractivity contribution is 5.91. The van der Waals surface area contributed by atoms with Gasteiger partial charge in [-0.05, 0) is 86.0 Å². The van der Waals surface area contributed by atoms with E-state index in [0.717, 1.165) is 0 Å². The number of para-hydroxylation sites is 1. The Kier molecular flexibility index (Phi) is 5.59. The van der Waals surface area contributed by atoms with E-state index in [4.69, 9.17) is 0 Å². The highest BCUT2D eigenvalue weighted by Gasteiger charge is 2.42. The molecule has 0 spiro atoms. The van der Waals surface area contributed by atoms with Crippen molar-refractivity contribution in [2.24, 2.45) is 0 Å². The summed E-state index contributed by atoms with van der Waals surface area (Å²) in [5.74, 6) is 0. The largest absolute Gasteiger partial charge is 0.310 e. The smallest absolute Gasteiger partial charge is 0.0506 e. The molecule has 0 saturated carbocycles. The molecule has 1 nitrogen and oxygen atoms in total. The maximum absolute atomic E-state index is 2.49. The average Bonchev–Trinajstić information content (AvgIpc) is 3.27. The Morgan fingerprint density at radius 3 is 1.56 bits per heavy atom. The molecule has 0 N–H and O–H groups in total. The van der Waals surface area contributed by atoms with Crippen LogP contribution in [0.25, 0.3) is 33.4 Å². The normalized spacial score (nSPS) is 15.3. The van der Waals surface area contributed by atoms with Crippen molar-refractivity contribution in [2.75, 3.05) is 4.90 Å². The molecule has 0 atom stereocenters. The van der Waals surface area contributed by atoms with Gasteiger partial charge in [0.05, 0.1) is 11.4 Å². The first kappa shape index (κ1) is 25.8. The monoisotopic (exact) mass is 553 g/mol. The molecule has 0 radical (unpaired) electrons. The minimum Gasteiger partial charge on any atom is -0.310 e. The molecule has 2 aliphatic rings. The first-order valence-corrected chi connectivity index (χ1v) is 15.3. The summed E-state index contributed by atoms with van der Waals surface area (Å²) in [5.41, 5.74) is 16.8. The van der Waals surface area contributed by atoms with Gasteiger partial charge in [0, 0.05) is 16.5 Å². The van der Waals surface area contributed by atoms with Crippen LogP contribution in [0.2, 0.25) is 0 Å². The van der Waals surface area contributed by atoms with Gasteiger partial charge < -0.3 is 4.90 Å². The van der Waals surface area contributed by atoms with Crippen LogP contribution < -0.4 is 4.90 Å². The molecule has 6 aromatic carbocycles. The van der Waals surface area contributed by atoms with Crippen LogP contribution in [0.15, 0.2) is 140 Å². The van der Waals surface area contributed by atoms with Crippen LogP contribution in [-0.2, 0) is 10.8 Å². The van der Waals surface area contributed by atoms with E-state index >= 15 is 0 Å². The lowest BCUT2D eigenvalue weighted by Crippen LogP contribution is -2.31. The Balaban J connectivity index is 1.24. The topological polar surface area (TPSA) is 3.24 Å². The van der Waals surface area contributed by atoms with Gasteiger partial charge in [-0.25, -0.2) is 0 Å². The van der Waals surface area contributed by atoms with Crippen molar-refractivity contribution < 1.29 is 0 Å². The lowest BCUT2D eigenvalue weighted by molar-refractivity contribution is 0.627. The van der Waals surface area contributed by atoms with E-state index in [1.165, 1.54) is 72.7 Å². The summed E-state index contributed by atoms with van der Waals surface area (Å²) in [6, 6.07) is 51.4. The van der Waals surface area contributed by atoms with Crippen molar-refractivity contribution in [3.8, 4) is 33.4 Å². The van der Waals surface area contributed by atoms with Crippen LogP contribution in [0.5, 0.6) is 0 Å². The predicted octanol–water partition coefficient (Wildman–Crippen LogP) is 11.4. The second kappa shape index (κ2) is 9.31. The molecule has 0 amide bonds. The van der Waals surface area contributed by atoms with Crippen molar-refractivity contribution in [1.82, 2.24) is 0 Å². The maximum atomic E-state index is 2.49. The van der Waals surface area contributed by atoms with E-state index in [2.05, 4.69) is 172 Å². The van der Waals surface area contributed by atoms with Crippen molar-refractivity contribution in [1.29, 1.82) is 0 Å². The molecule has 0 unspecified atom stereocenters. The van der Waals surface area contributed by atoms with E-state index in [1.807, 2.05) is 0 Å². The third-order valence-electron chi connectivity index (χ3n) is 9.88.